The number of nitrogens with two attached hydrogens (primary N) is 1. The van der Waals surface area contributed by atoms with E-state index in [-0.39, 0.29) is 5.75 Å². The summed E-state index contributed by atoms with van der Waals surface area (Å²) >= 11 is 0. The fourth-order valence-electron chi connectivity index (χ4n) is 0.507. The van der Waals surface area contributed by atoms with Gasteiger partial charge in [0, 0.05) is 6.42 Å². The van der Waals surface area contributed by atoms with Crippen LogP contribution < -0.4 is 5.14 Å². The number of hydrogen-bond acceptors (Lipinski definition) is 3. The minimum atomic E-state index is -3.31. The van der Waals surface area contributed by atoms with Gasteiger partial charge in [-0.15, -0.1) is 0 Å². The molecule has 0 aliphatic heterocycles. The van der Waals surface area contributed by atoms with Gasteiger partial charge >= 0.3 is 0 Å². The third kappa shape index (κ3) is 7.40. The van der Waals surface area contributed by atoms with Gasteiger partial charge in [0.05, 0.1) is 11.8 Å². The number of unbranched alkanes of at least 4 members (excludes halogenated alkanes) is 2. The molecule has 0 spiro atoms. The Hall–Kier alpha value is -0.600. The summed E-state index contributed by atoms with van der Waals surface area (Å²) in [7, 11) is -3.31. The molecular weight excluding hydrogens is 152 g/mol. The predicted molar refractivity (Wildman–Crippen MR) is 37.4 cm³/mol. The normalized spacial score (nSPS) is 10.8. The van der Waals surface area contributed by atoms with Gasteiger partial charge < -0.3 is 0 Å². The lowest BCUT2D eigenvalue weighted by molar-refractivity contribution is 0.593. The first-order chi connectivity index (χ1) is 4.56. The van der Waals surface area contributed by atoms with E-state index in [0.29, 0.717) is 19.3 Å². The molecule has 2 N–H and O–H groups in total. The van der Waals surface area contributed by atoms with Crippen molar-refractivity contribution in [2.45, 2.75) is 19.3 Å². The smallest absolute Gasteiger partial charge is 0.209 e. The van der Waals surface area contributed by atoms with Crippen molar-refractivity contribution < 1.29 is 8.42 Å². The number of rotatable bonds is 4. The number of sulfonamides is 1. The van der Waals surface area contributed by atoms with Crippen molar-refractivity contribution in [2.75, 3.05) is 5.75 Å². The average Bonchev–Trinajstić information content (AvgIpc) is 1.78. The summed E-state index contributed by atoms with van der Waals surface area (Å²) in [6.45, 7) is 0. The Morgan fingerprint density at radius 1 is 1.40 bits per heavy atom. The zero-order valence-corrected chi connectivity index (χ0v) is 6.39. The summed E-state index contributed by atoms with van der Waals surface area (Å²) in [6, 6.07) is 1.92. The summed E-state index contributed by atoms with van der Waals surface area (Å²) < 4.78 is 20.6. The first-order valence-electron chi connectivity index (χ1n) is 2.93. The monoisotopic (exact) mass is 162 g/mol. The van der Waals surface area contributed by atoms with Gasteiger partial charge in [-0.1, -0.05) is 0 Å². The van der Waals surface area contributed by atoms with Gasteiger partial charge in [-0.25, -0.2) is 13.6 Å². The SMILES string of the molecule is N#CCCCCS(N)(=O)=O. The molecule has 4 nitrogen and oxygen atoms in total. The van der Waals surface area contributed by atoms with Crippen molar-refractivity contribution in [1.82, 2.24) is 0 Å². The standard InChI is InChI=1S/C5H10N2O2S/c6-4-2-1-3-5-10(7,8)9/h1-3,5H2,(H2,7,8,9). The van der Waals surface area contributed by atoms with E-state index in [1.165, 1.54) is 0 Å². The molecule has 0 saturated carbocycles. The summed E-state index contributed by atoms with van der Waals surface area (Å²) in [5.41, 5.74) is 0. The van der Waals surface area contributed by atoms with Crippen molar-refractivity contribution in [3.05, 3.63) is 0 Å². The minimum Gasteiger partial charge on any atom is -0.229 e. The molecule has 0 aromatic rings. The summed E-state index contributed by atoms with van der Waals surface area (Å²) in [6.07, 6.45) is 1.48. The van der Waals surface area contributed by atoms with Gasteiger partial charge in [-0.3, -0.25) is 0 Å². The van der Waals surface area contributed by atoms with Crippen molar-refractivity contribution in [2.24, 2.45) is 5.14 Å². The molecule has 0 atom stereocenters. The molecule has 0 heterocycles. The lowest BCUT2D eigenvalue weighted by Crippen LogP contribution is -2.16. The zero-order valence-electron chi connectivity index (χ0n) is 5.58. The predicted octanol–water partition coefficient (Wildman–Crippen LogP) is -0.0312. The van der Waals surface area contributed by atoms with E-state index in [4.69, 9.17) is 10.4 Å². The Morgan fingerprint density at radius 2 is 2.00 bits per heavy atom. The molecule has 58 valence electrons. The van der Waals surface area contributed by atoms with Crippen LogP contribution in [-0.4, -0.2) is 14.2 Å². The second kappa shape index (κ2) is 4.25. The number of primary sulfonamides is 1. The molecule has 0 radical (unpaired) electrons. The van der Waals surface area contributed by atoms with E-state index in [1.807, 2.05) is 6.07 Å². The van der Waals surface area contributed by atoms with E-state index >= 15 is 0 Å². The largest absolute Gasteiger partial charge is 0.229 e. The second-order valence-electron chi connectivity index (χ2n) is 1.98. The molecular formula is C5H10N2O2S. The Labute approximate surface area is 60.7 Å². The minimum absolute atomic E-state index is 0.0192. The molecule has 0 aliphatic carbocycles. The maximum Gasteiger partial charge on any atom is 0.209 e. The van der Waals surface area contributed by atoms with Gasteiger partial charge in [-0.05, 0) is 12.8 Å². The molecule has 0 aliphatic rings. The van der Waals surface area contributed by atoms with Gasteiger partial charge in [0.15, 0.2) is 0 Å². The van der Waals surface area contributed by atoms with Gasteiger partial charge in [0.1, 0.15) is 0 Å². The van der Waals surface area contributed by atoms with E-state index < -0.39 is 10.0 Å². The van der Waals surface area contributed by atoms with Crippen molar-refractivity contribution >= 4 is 10.0 Å². The topological polar surface area (TPSA) is 83.9 Å². The molecule has 0 fully saturated rings. The first kappa shape index (κ1) is 9.40. The van der Waals surface area contributed by atoms with E-state index in [2.05, 4.69) is 0 Å². The second-order valence-corrected chi connectivity index (χ2v) is 3.72. The van der Waals surface area contributed by atoms with Crippen molar-refractivity contribution in [3.63, 3.8) is 0 Å². The van der Waals surface area contributed by atoms with Gasteiger partial charge in [-0.2, -0.15) is 5.26 Å². The Bertz CT molecular complexity index is 214. The third-order valence-corrected chi connectivity index (χ3v) is 1.83. The molecule has 10 heavy (non-hydrogen) atoms. The molecule has 0 unspecified atom stereocenters. The van der Waals surface area contributed by atoms with Crippen LogP contribution in [0, 0.1) is 11.3 Å². The molecule has 0 aromatic heterocycles. The fourth-order valence-corrected chi connectivity index (χ4v) is 1.11. The highest BCUT2D eigenvalue weighted by atomic mass is 32.2. The highest BCUT2D eigenvalue weighted by Gasteiger charge is 2.00. The molecule has 0 amide bonds. The van der Waals surface area contributed by atoms with Crippen LogP contribution in [0.5, 0.6) is 0 Å². The van der Waals surface area contributed by atoms with Crippen molar-refractivity contribution in [3.8, 4) is 6.07 Å². The van der Waals surface area contributed by atoms with Crippen LogP contribution in [0.3, 0.4) is 0 Å². The van der Waals surface area contributed by atoms with E-state index in [0.717, 1.165) is 0 Å². The third-order valence-electron chi connectivity index (χ3n) is 0.967. The lowest BCUT2D eigenvalue weighted by Gasteiger charge is -1.93. The highest BCUT2D eigenvalue weighted by Crippen LogP contribution is 1.94. The zero-order chi connectivity index (χ0) is 8.04. The molecule has 0 aromatic carbocycles. The quantitative estimate of drug-likeness (QED) is 0.589. The van der Waals surface area contributed by atoms with E-state index in [9.17, 15) is 8.42 Å². The highest BCUT2D eigenvalue weighted by molar-refractivity contribution is 7.89. The maximum absolute atomic E-state index is 10.3. The van der Waals surface area contributed by atoms with Crippen LogP contribution in [-0.2, 0) is 10.0 Å². The van der Waals surface area contributed by atoms with E-state index in [1.54, 1.807) is 0 Å². The fraction of sp³-hybridized carbons (Fsp3) is 0.800. The van der Waals surface area contributed by atoms with Crippen LogP contribution in [0.25, 0.3) is 0 Å². The Morgan fingerprint density at radius 3 is 2.40 bits per heavy atom. The Balaban J connectivity index is 3.32. The van der Waals surface area contributed by atoms with Gasteiger partial charge in [0.2, 0.25) is 10.0 Å². The lowest BCUT2D eigenvalue weighted by atomic mass is 10.3. The average molecular weight is 162 g/mol. The summed E-state index contributed by atoms with van der Waals surface area (Å²) in [4.78, 5) is 0. The molecule has 0 saturated heterocycles. The number of hydrogen-bond donors (Lipinski definition) is 1. The molecule has 0 rings (SSSR count). The van der Waals surface area contributed by atoms with Crippen LogP contribution in [0.4, 0.5) is 0 Å². The van der Waals surface area contributed by atoms with Crippen molar-refractivity contribution in [1.29, 1.82) is 5.26 Å². The summed E-state index contributed by atoms with van der Waals surface area (Å²) in [5.74, 6) is -0.0192. The maximum atomic E-state index is 10.3. The van der Waals surface area contributed by atoms with Crippen LogP contribution in [0.15, 0.2) is 0 Å². The number of nitrogens with zero attached hydrogens (tertiary/aromatic N) is 1. The molecule has 5 heteroatoms. The Kier molecular flexibility index (Phi) is 4.00. The summed E-state index contributed by atoms with van der Waals surface area (Å²) in [5, 5.41) is 12.8. The van der Waals surface area contributed by atoms with Crippen LogP contribution in [0.2, 0.25) is 0 Å². The van der Waals surface area contributed by atoms with Crippen LogP contribution >= 0.6 is 0 Å². The van der Waals surface area contributed by atoms with Crippen LogP contribution in [0.1, 0.15) is 19.3 Å². The molecule has 0 bridgehead atoms. The number of nitriles is 1. The first-order valence-corrected chi connectivity index (χ1v) is 4.65. The van der Waals surface area contributed by atoms with Gasteiger partial charge in [0.25, 0.3) is 0 Å².